The van der Waals surface area contributed by atoms with E-state index in [1.165, 1.54) is 23.0 Å². The summed E-state index contributed by atoms with van der Waals surface area (Å²) in [5, 5.41) is 1.53. The van der Waals surface area contributed by atoms with E-state index in [-0.39, 0.29) is 11.8 Å². The Balaban J connectivity index is 1.38. The van der Waals surface area contributed by atoms with Gasteiger partial charge in [0.25, 0.3) is 0 Å². The zero-order chi connectivity index (χ0) is 17.9. The maximum absolute atomic E-state index is 13.0. The van der Waals surface area contributed by atoms with E-state index < -0.39 is 5.82 Å². The largest absolute Gasteiger partial charge is 0.341 e. The lowest BCUT2D eigenvalue weighted by Crippen LogP contribution is -2.42. The zero-order valence-electron chi connectivity index (χ0n) is 14.5. The van der Waals surface area contributed by atoms with E-state index in [1.54, 1.807) is 0 Å². The molecule has 1 fully saturated rings. The first-order valence-corrected chi connectivity index (χ1v) is 8.94. The molecule has 0 bridgehead atoms. The summed E-state index contributed by atoms with van der Waals surface area (Å²) in [5.74, 6) is 0.0352. The molecule has 0 N–H and O–H groups in total. The second kappa shape index (κ2) is 7.37. The molecule has 4 rings (SSSR count). The fraction of sp³-hybridized carbons (Fsp3) is 0.421. The van der Waals surface area contributed by atoms with Crippen molar-refractivity contribution in [1.29, 1.82) is 0 Å². The van der Waals surface area contributed by atoms with Gasteiger partial charge in [-0.15, -0.1) is 0 Å². The Morgan fingerprint density at radius 2 is 1.81 bits per heavy atom. The van der Waals surface area contributed by atoms with Gasteiger partial charge in [0.15, 0.2) is 5.82 Å². The predicted molar refractivity (Wildman–Crippen MR) is 93.6 cm³/mol. The minimum absolute atomic E-state index is 0.0429. The van der Waals surface area contributed by atoms with Gasteiger partial charge in [0, 0.05) is 19.0 Å². The number of hydrogen-bond donors (Lipinski definition) is 0. The molecular weight excluding hydrogens is 335 g/mol. The van der Waals surface area contributed by atoms with Gasteiger partial charge < -0.3 is 4.90 Å². The zero-order valence-corrected chi connectivity index (χ0v) is 14.5. The van der Waals surface area contributed by atoms with E-state index in [4.69, 9.17) is 4.84 Å². The van der Waals surface area contributed by atoms with Crippen LogP contribution in [0.25, 0.3) is 0 Å². The molecule has 2 aliphatic rings. The summed E-state index contributed by atoms with van der Waals surface area (Å²) in [6.45, 7) is 2.36. The standard InChI is InChI=1S/C19H21FN4O2/c20-17-11-21-19(22-12-17)23-8-5-15(6-9-23)18(25)24-13-16-4-2-1-3-14(16)7-10-26-24/h1-4,11-12,15H,5-10,13H2. The highest BCUT2D eigenvalue weighted by Gasteiger charge is 2.31. The summed E-state index contributed by atoms with van der Waals surface area (Å²) in [4.78, 5) is 28.7. The first-order chi connectivity index (χ1) is 12.7. The number of piperidine rings is 1. The van der Waals surface area contributed by atoms with Gasteiger partial charge in [0.1, 0.15) is 0 Å². The third-order valence-electron chi connectivity index (χ3n) is 5.03. The fourth-order valence-corrected chi connectivity index (χ4v) is 3.56. The number of halogens is 1. The summed E-state index contributed by atoms with van der Waals surface area (Å²) < 4.78 is 13.0. The molecule has 136 valence electrons. The fourth-order valence-electron chi connectivity index (χ4n) is 3.56. The Kier molecular flexibility index (Phi) is 4.79. The predicted octanol–water partition coefficient (Wildman–Crippen LogP) is 2.35. The second-order valence-electron chi connectivity index (χ2n) is 6.69. The number of hydrogen-bond acceptors (Lipinski definition) is 5. The molecule has 0 atom stereocenters. The van der Waals surface area contributed by atoms with Crippen molar-refractivity contribution in [1.82, 2.24) is 15.0 Å². The minimum Gasteiger partial charge on any atom is -0.341 e. The van der Waals surface area contributed by atoms with Crippen molar-refractivity contribution in [3.63, 3.8) is 0 Å². The molecule has 2 aromatic rings. The van der Waals surface area contributed by atoms with Crippen LogP contribution in [0, 0.1) is 11.7 Å². The number of aromatic nitrogens is 2. The molecule has 2 aliphatic heterocycles. The maximum Gasteiger partial charge on any atom is 0.249 e. The van der Waals surface area contributed by atoms with Gasteiger partial charge in [-0.05, 0) is 30.4 Å². The lowest BCUT2D eigenvalue weighted by Gasteiger charge is -2.33. The van der Waals surface area contributed by atoms with E-state index >= 15 is 0 Å². The number of amides is 1. The Morgan fingerprint density at radius 3 is 2.54 bits per heavy atom. The van der Waals surface area contributed by atoms with Crippen LogP contribution in [0.3, 0.4) is 0 Å². The van der Waals surface area contributed by atoms with E-state index in [0.29, 0.717) is 45.0 Å². The second-order valence-corrected chi connectivity index (χ2v) is 6.69. The monoisotopic (exact) mass is 356 g/mol. The summed E-state index contributed by atoms with van der Waals surface area (Å²) in [6, 6.07) is 8.16. The van der Waals surface area contributed by atoms with Crippen LogP contribution in [0.5, 0.6) is 0 Å². The molecule has 0 spiro atoms. The van der Waals surface area contributed by atoms with Crippen molar-refractivity contribution >= 4 is 11.9 Å². The normalized spacial score (nSPS) is 18.3. The third-order valence-corrected chi connectivity index (χ3v) is 5.03. The highest BCUT2D eigenvalue weighted by atomic mass is 19.1. The highest BCUT2D eigenvalue weighted by molar-refractivity contribution is 5.78. The van der Waals surface area contributed by atoms with Gasteiger partial charge in [-0.1, -0.05) is 24.3 Å². The number of nitrogens with zero attached hydrogens (tertiary/aromatic N) is 4. The number of rotatable bonds is 2. The van der Waals surface area contributed by atoms with Crippen LogP contribution < -0.4 is 4.90 Å². The Hall–Kier alpha value is -2.54. The van der Waals surface area contributed by atoms with Crippen molar-refractivity contribution in [3.8, 4) is 0 Å². The van der Waals surface area contributed by atoms with Crippen molar-refractivity contribution in [2.75, 3.05) is 24.6 Å². The van der Waals surface area contributed by atoms with Crippen LogP contribution in [0.1, 0.15) is 24.0 Å². The molecule has 1 aromatic heterocycles. The average Bonchev–Trinajstić information content (AvgIpc) is 2.91. The molecule has 1 saturated heterocycles. The summed E-state index contributed by atoms with van der Waals surface area (Å²) in [7, 11) is 0. The smallest absolute Gasteiger partial charge is 0.249 e. The molecule has 0 radical (unpaired) electrons. The third kappa shape index (κ3) is 3.53. The van der Waals surface area contributed by atoms with E-state index in [9.17, 15) is 9.18 Å². The Bertz CT molecular complexity index is 775. The molecule has 7 heteroatoms. The van der Waals surface area contributed by atoms with Crippen LogP contribution in [-0.2, 0) is 22.6 Å². The van der Waals surface area contributed by atoms with E-state index in [2.05, 4.69) is 22.1 Å². The van der Waals surface area contributed by atoms with Gasteiger partial charge in [0.2, 0.25) is 11.9 Å². The van der Waals surface area contributed by atoms with Crippen molar-refractivity contribution in [2.24, 2.45) is 5.92 Å². The van der Waals surface area contributed by atoms with Crippen LogP contribution in [0.2, 0.25) is 0 Å². The molecule has 0 saturated carbocycles. The van der Waals surface area contributed by atoms with Crippen LogP contribution in [0.4, 0.5) is 10.3 Å². The number of hydroxylamine groups is 2. The number of anilines is 1. The average molecular weight is 356 g/mol. The lowest BCUT2D eigenvalue weighted by molar-refractivity contribution is -0.193. The lowest BCUT2D eigenvalue weighted by atomic mass is 9.95. The summed E-state index contributed by atoms with van der Waals surface area (Å²) in [5.41, 5.74) is 2.39. The molecular formula is C19H21FN4O2. The van der Waals surface area contributed by atoms with Crippen LogP contribution in [0.15, 0.2) is 36.7 Å². The number of carbonyl (C=O) groups excluding carboxylic acids is 1. The van der Waals surface area contributed by atoms with E-state index in [1.807, 2.05) is 17.0 Å². The molecule has 1 aromatic carbocycles. The van der Waals surface area contributed by atoms with Crippen LogP contribution in [-0.4, -0.2) is 40.6 Å². The van der Waals surface area contributed by atoms with Crippen molar-refractivity contribution < 1.29 is 14.0 Å². The van der Waals surface area contributed by atoms with Gasteiger partial charge >= 0.3 is 0 Å². The Labute approximate surface area is 151 Å². The highest BCUT2D eigenvalue weighted by Crippen LogP contribution is 2.25. The quantitative estimate of drug-likeness (QED) is 0.827. The first-order valence-electron chi connectivity index (χ1n) is 8.94. The SMILES string of the molecule is O=C(C1CCN(c2ncc(F)cn2)CC1)N1Cc2ccccc2CCO1. The number of benzene rings is 1. The van der Waals surface area contributed by atoms with Crippen molar-refractivity contribution in [3.05, 3.63) is 53.6 Å². The minimum atomic E-state index is -0.447. The number of fused-ring (bicyclic) bond motifs is 1. The van der Waals surface area contributed by atoms with Gasteiger partial charge in [-0.25, -0.2) is 19.4 Å². The number of carbonyl (C=O) groups is 1. The van der Waals surface area contributed by atoms with E-state index in [0.717, 1.165) is 12.0 Å². The Morgan fingerprint density at radius 1 is 1.12 bits per heavy atom. The van der Waals surface area contributed by atoms with Gasteiger partial charge in [0.05, 0.1) is 25.5 Å². The molecule has 3 heterocycles. The molecule has 26 heavy (non-hydrogen) atoms. The molecule has 0 unspecified atom stereocenters. The molecule has 6 nitrogen and oxygen atoms in total. The first kappa shape index (κ1) is 16.9. The van der Waals surface area contributed by atoms with Gasteiger partial charge in [-0.2, -0.15) is 0 Å². The summed E-state index contributed by atoms with van der Waals surface area (Å²) in [6.07, 6.45) is 4.58. The molecule has 1 amide bonds. The van der Waals surface area contributed by atoms with Gasteiger partial charge in [-0.3, -0.25) is 9.63 Å². The molecule has 0 aliphatic carbocycles. The maximum atomic E-state index is 13.0. The topological polar surface area (TPSA) is 58.6 Å². The van der Waals surface area contributed by atoms with Crippen molar-refractivity contribution in [2.45, 2.75) is 25.8 Å². The summed E-state index contributed by atoms with van der Waals surface area (Å²) >= 11 is 0. The van der Waals surface area contributed by atoms with Crippen LogP contribution >= 0.6 is 0 Å².